The second-order valence-corrected chi connectivity index (χ2v) is 10.0. The van der Waals surface area contributed by atoms with E-state index in [2.05, 4.69) is 10.0 Å². The minimum atomic E-state index is -4.04. The number of primary sulfonamides is 1. The van der Waals surface area contributed by atoms with Crippen molar-refractivity contribution >= 4 is 31.4 Å². The van der Waals surface area contributed by atoms with Crippen molar-refractivity contribution in [2.45, 2.75) is 36.0 Å². The number of hydrogen-bond donors (Lipinski definition) is 3. The molecular formula is C19H25N3O6S2. The molecule has 0 amide bonds. The molecule has 4 N–H and O–H groups in total. The van der Waals surface area contributed by atoms with E-state index in [1.807, 2.05) is 6.92 Å². The molecule has 0 radical (unpaired) electrons. The maximum atomic E-state index is 13.0. The summed E-state index contributed by atoms with van der Waals surface area (Å²) in [6, 6.07) is 8.34. The number of rotatable bonds is 8. The minimum absolute atomic E-state index is 0.0349. The highest BCUT2D eigenvalue weighted by Crippen LogP contribution is 2.33. The molecule has 0 bridgehead atoms. The third-order valence-electron chi connectivity index (χ3n) is 4.44. The maximum absolute atomic E-state index is 13.0. The van der Waals surface area contributed by atoms with Crippen molar-refractivity contribution in [2.75, 3.05) is 29.8 Å². The predicted molar refractivity (Wildman–Crippen MR) is 114 cm³/mol. The molecule has 0 aliphatic carbocycles. The lowest BCUT2D eigenvalue weighted by Crippen LogP contribution is -2.17. The van der Waals surface area contributed by atoms with Crippen LogP contribution in [0.2, 0.25) is 0 Å². The fourth-order valence-electron chi connectivity index (χ4n) is 2.85. The molecule has 2 aromatic rings. The van der Waals surface area contributed by atoms with E-state index in [9.17, 15) is 16.8 Å². The van der Waals surface area contributed by atoms with Crippen LogP contribution in [0, 0.1) is 0 Å². The summed E-state index contributed by atoms with van der Waals surface area (Å²) in [5.41, 5.74) is 0.540. The van der Waals surface area contributed by atoms with E-state index >= 15 is 0 Å². The number of fused-ring (bicyclic) bond motifs is 1. The van der Waals surface area contributed by atoms with E-state index in [1.165, 1.54) is 36.4 Å². The summed E-state index contributed by atoms with van der Waals surface area (Å²) >= 11 is 0. The number of nitrogens with one attached hydrogen (secondary N) is 2. The Morgan fingerprint density at radius 2 is 1.63 bits per heavy atom. The Morgan fingerprint density at radius 1 is 0.933 bits per heavy atom. The van der Waals surface area contributed by atoms with E-state index < -0.39 is 20.0 Å². The van der Waals surface area contributed by atoms with Gasteiger partial charge in [-0.2, -0.15) is 0 Å². The first-order valence-electron chi connectivity index (χ1n) is 9.54. The summed E-state index contributed by atoms with van der Waals surface area (Å²) in [4.78, 5) is -0.229. The third kappa shape index (κ3) is 5.35. The lowest BCUT2D eigenvalue weighted by Gasteiger charge is -2.16. The summed E-state index contributed by atoms with van der Waals surface area (Å²) in [7, 11) is -8.04. The van der Waals surface area contributed by atoms with E-state index in [0.29, 0.717) is 43.4 Å². The SMILES string of the molecule is CCCCNc1ccc(S(N)(=O)=O)cc1NS(=O)(=O)c1ccc2c(c1)OCCCO2. The van der Waals surface area contributed by atoms with E-state index in [0.717, 1.165) is 12.8 Å². The molecule has 2 aromatic carbocycles. The molecule has 0 spiro atoms. The summed E-state index contributed by atoms with van der Waals surface area (Å²) in [6.07, 6.45) is 2.51. The molecule has 0 fully saturated rings. The predicted octanol–water partition coefficient (Wildman–Crippen LogP) is 2.51. The molecule has 11 heteroatoms. The van der Waals surface area contributed by atoms with Gasteiger partial charge in [-0.25, -0.2) is 22.0 Å². The standard InChI is InChI=1S/C19H25N3O6S2/c1-2-3-9-21-16-7-5-14(29(20,23)24)12-17(16)22-30(25,26)15-6-8-18-19(13-15)28-11-4-10-27-18/h5-8,12-13,21-22H,2-4,9-11H2,1H3,(H2,20,23,24). The highest BCUT2D eigenvalue weighted by atomic mass is 32.2. The highest BCUT2D eigenvalue weighted by molar-refractivity contribution is 7.92. The molecule has 3 rings (SSSR count). The van der Waals surface area contributed by atoms with Crippen molar-refractivity contribution in [2.24, 2.45) is 5.14 Å². The Bertz CT molecular complexity index is 1120. The van der Waals surface area contributed by atoms with Crippen molar-refractivity contribution in [3.63, 3.8) is 0 Å². The first kappa shape index (κ1) is 22.2. The van der Waals surface area contributed by atoms with E-state index in [-0.39, 0.29) is 15.5 Å². The summed E-state index contributed by atoms with van der Waals surface area (Å²) in [5, 5.41) is 8.33. The molecule has 30 heavy (non-hydrogen) atoms. The molecule has 0 atom stereocenters. The van der Waals surface area contributed by atoms with Crippen LogP contribution in [0.3, 0.4) is 0 Å². The second kappa shape index (κ2) is 9.11. The molecule has 164 valence electrons. The summed E-state index contributed by atoms with van der Waals surface area (Å²) in [6.45, 7) is 3.54. The Labute approximate surface area is 176 Å². The first-order valence-corrected chi connectivity index (χ1v) is 12.6. The number of nitrogens with two attached hydrogens (primary N) is 1. The number of sulfonamides is 2. The zero-order valence-electron chi connectivity index (χ0n) is 16.6. The lowest BCUT2D eigenvalue weighted by atomic mass is 10.2. The largest absolute Gasteiger partial charge is 0.490 e. The van der Waals surface area contributed by atoms with Gasteiger partial charge in [0, 0.05) is 19.0 Å². The minimum Gasteiger partial charge on any atom is -0.490 e. The van der Waals surface area contributed by atoms with Gasteiger partial charge in [0.15, 0.2) is 11.5 Å². The number of ether oxygens (including phenoxy) is 2. The monoisotopic (exact) mass is 455 g/mol. The third-order valence-corrected chi connectivity index (χ3v) is 6.71. The lowest BCUT2D eigenvalue weighted by molar-refractivity contribution is 0.297. The zero-order valence-corrected chi connectivity index (χ0v) is 18.2. The number of anilines is 2. The van der Waals surface area contributed by atoms with Gasteiger partial charge in [-0.3, -0.25) is 4.72 Å². The van der Waals surface area contributed by atoms with Gasteiger partial charge in [0.1, 0.15) is 0 Å². The van der Waals surface area contributed by atoms with Crippen molar-refractivity contribution < 1.29 is 26.3 Å². The summed E-state index contributed by atoms with van der Waals surface area (Å²) in [5.74, 6) is 0.819. The Kier molecular flexibility index (Phi) is 6.74. The van der Waals surface area contributed by atoms with Crippen molar-refractivity contribution in [3.05, 3.63) is 36.4 Å². The molecule has 1 heterocycles. The van der Waals surface area contributed by atoms with Gasteiger partial charge in [-0.1, -0.05) is 13.3 Å². The van der Waals surface area contributed by atoms with Gasteiger partial charge in [-0.15, -0.1) is 0 Å². The smallest absolute Gasteiger partial charge is 0.262 e. The van der Waals surface area contributed by atoms with E-state index in [1.54, 1.807) is 0 Å². The fraction of sp³-hybridized carbons (Fsp3) is 0.368. The van der Waals surface area contributed by atoms with Gasteiger partial charge in [0.25, 0.3) is 10.0 Å². The fourth-order valence-corrected chi connectivity index (χ4v) is 4.48. The molecule has 1 aliphatic heterocycles. The molecule has 0 saturated heterocycles. The van der Waals surface area contributed by atoms with Gasteiger partial charge in [-0.05, 0) is 36.8 Å². The topological polar surface area (TPSA) is 137 Å². The van der Waals surface area contributed by atoms with Crippen LogP contribution in [0.15, 0.2) is 46.2 Å². The Morgan fingerprint density at radius 3 is 2.33 bits per heavy atom. The van der Waals surface area contributed by atoms with Crippen molar-refractivity contribution in [1.82, 2.24) is 0 Å². The first-order chi connectivity index (χ1) is 14.2. The molecule has 1 aliphatic rings. The van der Waals surface area contributed by atoms with Crippen LogP contribution in [0.25, 0.3) is 0 Å². The van der Waals surface area contributed by atoms with Crippen molar-refractivity contribution in [1.29, 1.82) is 0 Å². The van der Waals surface area contributed by atoms with Crippen LogP contribution in [-0.2, 0) is 20.0 Å². The molecule has 0 aromatic heterocycles. The summed E-state index contributed by atoms with van der Waals surface area (Å²) < 4.78 is 63.0. The number of unbranched alkanes of at least 4 members (excludes halogenated alkanes) is 1. The normalized spacial score (nSPS) is 14.1. The van der Waals surface area contributed by atoms with Gasteiger partial charge < -0.3 is 14.8 Å². The Balaban J connectivity index is 1.95. The number of benzene rings is 2. The van der Waals surface area contributed by atoms with Crippen LogP contribution in [-0.4, -0.2) is 36.6 Å². The van der Waals surface area contributed by atoms with Crippen LogP contribution in [0.4, 0.5) is 11.4 Å². The zero-order chi connectivity index (χ0) is 21.8. The maximum Gasteiger partial charge on any atom is 0.262 e. The Hall–Kier alpha value is -2.50. The van der Waals surface area contributed by atoms with E-state index in [4.69, 9.17) is 14.6 Å². The molecule has 0 unspecified atom stereocenters. The average molecular weight is 456 g/mol. The highest BCUT2D eigenvalue weighted by Gasteiger charge is 2.21. The average Bonchev–Trinajstić information content (AvgIpc) is 2.93. The van der Waals surface area contributed by atoms with Gasteiger partial charge in [0.2, 0.25) is 10.0 Å². The van der Waals surface area contributed by atoms with Gasteiger partial charge in [0.05, 0.1) is 34.4 Å². The molecule has 9 nitrogen and oxygen atoms in total. The molecular weight excluding hydrogens is 430 g/mol. The van der Waals surface area contributed by atoms with Crippen LogP contribution >= 0.6 is 0 Å². The second-order valence-electron chi connectivity index (χ2n) is 6.80. The quantitative estimate of drug-likeness (QED) is 0.520. The van der Waals surface area contributed by atoms with Gasteiger partial charge >= 0.3 is 0 Å². The van der Waals surface area contributed by atoms with Crippen LogP contribution < -0.4 is 24.7 Å². The molecule has 0 saturated carbocycles. The van der Waals surface area contributed by atoms with Crippen LogP contribution in [0.1, 0.15) is 26.2 Å². The van der Waals surface area contributed by atoms with Crippen molar-refractivity contribution in [3.8, 4) is 11.5 Å². The number of hydrogen-bond acceptors (Lipinski definition) is 7. The van der Waals surface area contributed by atoms with Crippen LogP contribution in [0.5, 0.6) is 11.5 Å².